The molecule has 0 aromatic heterocycles. The summed E-state index contributed by atoms with van der Waals surface area (Å²) in [6.45, 7) is 1.21. The van der Waals surface area contributed by atoms with Crippen molar-refractivity contribution in [3.05, 3.63) is 17.7 Å². The fraction of sp³-hybridized carbons (Fsp3) is 0.667. The molecular formula is C21H30O4. The first kappa shape index (κ1) is 18.1. The van der Waals surface area contributed by atoms with Crippen molar-refractivity contribution in [3.8, 4) is 17.2 Å². The van der Waals surface area contributed by atoms with E-state index < -0.39 is 0 Å². The lowest BCUT2D eigenvalue weighted by Crippen LogP contribution is -2.17. The normalized spacial score (nSPS) is 19.5. The first-order valence-electron chi connectivity index (χ1n) is 9.84. The Balaban J connectivity index is 1.65. The van der Waals surface area contributed by atoms with Crippen molar-refractivity contribution in [1.29, 1.82) is 0 Å². The summed E-state index contributed by atoms with van der Waals surface area (Å²) < 4.78 is 11.8. The van der Waals surface area contributed by atoms with E-state index in [4.69, 9.17) is 9.47 Å². The molecule has 4 nitrogen and oxygen atoms in total. The highest BCUT2D eigenvalue weighted by Crippen LogP contribution is 2.35. The van der Waals surface area contributed by atoms with E-state index in [9.17, 15) is 9.90 Å². The lowest BCUT2D eigenvalue weighted by atomic mass is 9.90. The summed E-state index contributed by atoms with van der Waals surface area (Å²) in [5.74, 6) is 2.06. The lowest BCUT2D eigenvalue weighted by Gasteiger charge is -2.24. The molecule has 2 saturated carbocycles. The molecule has 0 radical (unpaired) electrons. The number of aromatic hydroxyl groups is 1. The summed E-state index contributed by atoms with van der Waals surface area (Å²) in [4.78, 5) is 11.6. The number of hydrogen-bond acceptors (Lipinski definition) is 4. The third-order valence-electron chi connectivity index (χ3n) is 5.61. The highest BCUT2D eigenvalue weighted by molar-refractivity contribution is 5.84. The van der Waals surface area contributed by atoms with Crippen molar-refractivity contribution in [2.24, 2.45) is 11.8 Å². The van der Waals surface area contributed by atoms with E-state index >= 15 is 0 Å². The van der Waals surface area contributed by atoms with Gasteiger partial charge in [-0.15, -0.1) is 0 Å². The molecule has 1 aromatic carbocycles. The second-order valence-electron chi connectivity index (χ2n) is 7.60. The van der Waals surface area contributed by atoms with Crippen molar-refractivity contribution >= 4 is 6.29 Å². The number of rotatable bonds is 7. The Hall–Kier alpha value is -1.71. The van der Waals surface area contributed by atoms with Crippen LogP contribution in [0.3, 0.4) is 0 Å². The Morgan fingerprint density at radius 3 is 1.68 bits per heavy atom. The summed E-state index contributed by atoms with van der Waals surface area (Å²) in [6, 6.07) is 3.06. The number of carbonyl (C=O) groups excluding carboxylic acids is 1. The van der Waals surface area contributed by atoms with Crippen molar-refractivity contribution in [2.45, 2.75) is 64.2 Å². The Bertz CT molecular complexity index is 514. The first-order chi connectivity index (χ1) is 12.3. The summed E-state index contributed by atoms with van der Waals surface area (Å²) in [6.07, 6.45) is 13.1. The van der Waals surface area contributed by atoms with Crippen LogP contribution in [-0.4, -0.2) is 24.6 Å². The third kappa shape index (κ3) is 5.13. The van der Waals surface area contributed by atoms with E-state index in [0.29, 0.717) is 42.1 Å². The summed E-state index contributed by atoms with van der Waals surface area (Å²) in [5, 5.41) is 10.0. The molecular weight excluding hydrogens is 316 g/mol. The number of aldehydes is 1. The van der Waals surface area contributed by atoms with E-state index in [0.717, 1.165) is 6.29 Å². The van der Waals surface area contributed by atoms with Gasteiger partial charge in [0.05, 0.1) is 18.8 Å². The third-order valence-corrected chi connectivity index (χ3v) is 5.61. The van der Waals surface area contributed by atoms with Gasteiger partial charge in [-0.3, -0.25) is 4.79 Å². The van der Waals surface area contributed by atoms with Gasteiger partial charge in [0.25, 0.3) is 0 Å². The van der Waals surface area contributed by atoms with Gasteiger partial charge in [0.2, 0.25) is 0 Å². The summed E-state index contributed by atoms with van der Waals surface area (Å²) in [7, 11) is 0. The molecule has 0 bridgehead atoms. The van der Waals surface area contributed by atoms with Crippen molar-refractivity contribution in [3.63, 3.8) is 0 Å². The molecule has 2 aliphatic rings. The average molecular weight is 346 g/mol. The molecule has 0 amide bonds. The SMILES string of the molecule is O=Cc1c(OCC2CCCCC2)cc(O)cc1OCC1CCCCC1. The highest BCUT2D eigenvalue weighted by atomic mass is 16.5. The van der Waals surface area contributed by atoms with Crippen LogP contribution in [0.1, 0.15) is 74.6 Å². The molecule has 1 N–H and O–H groups in total. The van der Waals surface area contributed by atoms with E-state index in [1.165, 1.54) is 76.3 Å². The van der Waals surface area contributed by atoms with Gasteiger partial charge >= 0.3 is 0 Å². The lowest BCUT2D eigenvalue weighted by molar-refractivity contribution is 0.111. The van der Waals surface area contributed by atoms with Crippen LogP contribution in [0, 0.1) is 11.8 Å². The number of carbonyl (C=O) groups is 1. The smallest absolute Gasteiger partial charge is 0.157 e. The molecule has 0 unspecified atom stereocenters. The molecule has 3 rings (SSSR count). The number of ether oxygens (including phenoxy) is 2. The predicted molar refractivity (Wildman–Crippen MR) is 97.6 cm³/mol. The van der Waals surface area contributed by atoms with Crippen LogP contribution in [0.25, 0.3) is 0 Å². The first-order valence-corrected chi connectivity index (χ1v) is 9.84. The van der Waals surface area contributed by atoms with Crippen LogP contribution in [0.2, 0.25) is 0 Å². The Morgan fingerprint density at radius 1 is 0.840 bits per heavy atom. The number of phenols is 1. The molecule has 1 aromatic rings. The zero-order valence-electron chi connectivity index (χ0n) is 15.0. The van der Waals surface area contributed by atoms with Gasteiger partial charge in [-0.1, -0.05) is 38.5 Å². The predicted octanol–water partition coefficient (Wildman–Crippen LogP) is 5.12. The van der Waals surface area contributed by atoms with Crippen LogP contribution < -0.4 is 9.47 Å². The number of hydrogen-bond donors (Lipinski definition) is 1. The molecule has 0 aliphatic heterocycles. The molecule has 2 aliphatic carbocycles. The molecule has 4 heteroatoms. The molecule has 0 spiro atoms. The Morgan fingerprint density at radius 2 is 1.28 bits per heavy atom. The van der Waals surface area contributed by atoms with E-state index in [1.54, 1.807) is 0 Å². The van der Waals surface area contributed by atoms with Gasteiger partial charge in [0.15, 0.2) is 6.29 Å². The molecule has 0 heterocycles. The van der Waals surface area contributed by atoms with Gasteiger partial charge in [-0.25, -0.2) is 0 Å². The Labute approximate surface area is 150 Å². The maximum Gasteiger partial charge on any atom is 0.157 e. The maximum absolute atomic E-state index is 11.6. The van der Waals surface area contributed by atoms with Gasteiger partial charge in [-0.05, 0) is 37.5 Å². The summed E-state index contributed by atoms with van der Waals surface area (Å²) in [5.41, 5.74) is 0.421. The fourth-order valence-electron chi connectivity index (χ4n) is 4.07. The van der Waals surface area contributed by atoms with E-state index in [1.807, 2.05) is 0 Å². The molecule has 0 atom stereocenters. The van der Waals surface area contributed by atoms with E-state index in [-0.39, 0.29) is 5.75 Å². The van der Waals surface area contributed by atoms with Gasteiger partial charge in [-0.2, -0.15) is 0 Å². The topological polar surface area (TPSA) is 55.8 Å². The zero-order chi connectivity index (χ0) is 17.5. The van der Waals surface area contributed by atoms with Crippen LogP contribution in [-0.2, 0) is 0 Å². The number of benzene rings is 1. The number of phenolic OH excluding ortho intramolecular Hbond substituents is 1. The van der Waals surface area contributed by atoms with Crippen LogP contribution in [0.5, 0.6) is 17.2 Å². The largest absolute Gasteiger partial charge is 0.508 e. The van der Waals surface area contributed by atoms with Crippen LogP contribution in [0.4, 0.5) is 0 Å². The molecule has 25 heavy (non-hydrogen) atoms. The van der Waals surface area contributed by atoms with Crippen molar-refractivity contribution in [1.82, 2.24) is 0 Å². The minimum atomic E-state index is 0.0860. The van der Waals surface area contributed by atoms with Gasteiger partial charge in [0, 0.05) is 12.1 Å². The monoisotopic (exact) mass is 346 g/mol. The quantitative estimate of drug-likeness (QED) is 0.696. The minimum Gasteiger partial charge on any atom is -0.508 e. The highest BCUT2D eigenvalue weighted by Gasteiger charge is 2.19. The molecule has 2 fully saturated rings. The minimum absolute atomic E-state index is 0.0860. The second kappa shape index (κ2) is 9.12. The van der Waals surface area contributed by atoms with Crippen molar-refractivity contribution < 1.29 is 19.4 Å². The van der Waals surface area contributed by atoms with Crippen LogP contribution in [0.15, 0.2) is 12.1 Å². The zero-order valence-corrected chi connectivity index (χ0v) is 15.0. The maximum atomic E-state index is 11.6. The molecule has 138 valence electrons. The van der Waals surface area contributed by atoms with Gasteiger partial charge < -0.3 is 14.6 Å². The Kier molecular flexibility index (Phi) is 6.60. The van der Waals surface area contributed by atoms with Gasteiger partial charge in [0.1, 0.15) is 17.2 Å². The fourth-order valence-corrected chi connectivity index (χ4v) is 4.07. The second-order valence-corrected chi connectivity index (χ2v) is 7.60. The van der Waals surface area contributed by atoms with Crippen LogP contribution >= 0.6 is 0 Å². The average Bonchev–Trinajstić information content (AvgIpc) is 2.66. The van der Waals surface area contributed by atoms with E-state index in [2.05, 4.69) is 0 Å². The van der Waals surface area contributed by atoms with Crippen molar-refractivity contribution in [2.75, 3.05) is 13.2 Å². The summed E-state index contributed by atoms with van der Waals surface area (Å²) >= 11 is 0. The standard InChI is InChI=1S/C21H30O4/c22-13-19-20(24-14-16-7-3-1-4-8-16)11-18(23)12-21(19)25-15-17-9-5-2-6-10-17/h11-13,16-17,23H,1-10,14-15H2. The molecule has 0 saturated heterocycles.